The Morgan fingerprint density at radius 1 is 1.27 bits per heavy atom. The van der Waals surface area contributed by atoms with Crippen molar-refractivity contribution in [2.75, 3.05) is 32.3 Å². The zero-order valence-electron chi connectivity index (χ0n) is 14.1. The van der Waals surface area contributed by atoms with Gasteiger partial charge >= 0.3 is 0 Å². The lowest BCUT2D eigenvalue weighted by Gasteiger charge is -2.26. The molecule has 1 atom stereocenters. The number of carbonyl (C=O) groups excluding carboxylic acids is 3. The molecule has 1 fully saturated rings. The predicted molar refractivity (Wildman–Crippen MR) is 88.4 cm³/mol. The van der Waals surface area contributed by atoms with E-state index in [4.69, 9.17) is 0 Å². The van der Waals surface area contributed by atoms with Crippen LogP contribution in [-0.4, -0.2) is 65.8 Å². The molecule has 0 saturated carbocycles. The summed E-state index contributed by atoms with van der Waals surface area (Å²) in [4.78, 5) is 39.2. The molecule has 0 radical (unpaired) electrons. The maximum atomic E-state index is 12.3. The summed E-state index contributed by atoms with van der Waals surface area (Å²) in [6, 6.07) is -0.422. The maximum Gasteiger partial charge on any atom is 0.243 e. The van der Waals surface area contributed by atoms with Crippen molar-refractivity contribution in [1.82, 2.24) is 15.1 Å². The molecule has 22 heavy (non-hydrogen) atoms. The van der Waals surface area contributed by atoms with Crippen LogP contribution in [0.5, 0.6) is 0 Å². The van der Waals surface area contributed by atoms with Crippen LogP contribution >= 0.6 is 11.8 Å². The van der Waals surface area contributed by atoms with Gasteiger partial charge in [-0.25, -0.2) is 0 Å². The first kappa shape index (κ1) is 18.8. The van der Waals surface area contributed by atoms with Crippen LogP contribution in [-0.2, 0) is 14.4 Å². The molecule has 3 amide bonds. The van der Waals surface area contributed by atoms with Gasteiger partial charge in [0.1, 0.15) is 6.04 Å². The van der Waals surface area contributed by atoms with Crippen molar-refractivity contribution in [1.29, 1.82) is 0 Å². The van der Waals surface area contributed by atoms with Crippen LogP contribution in [0.4, 0.5) is 0 Å². The summed E-state index contributed by atoms with van der Waals surface area (Å²) >= 11 is 1.59. The van der Waals surface area contributed by atoms with Crippen LogP contribution in [0.25, 0.3) is 0 Å². The average molecular weight is 329 g/mol. The number of carbonyl (C=O) groups is 3. The van der Waals surface area contributed by atoms with Gasteiger partial charge in [0.05, 0.1) is 5.88 Å². The number of amides is 3. The Morgan fingerprint density at radius 2 is 1.91 bits per heavy atom. The van der Waals surface area contributed by atoms with Crippen LogP contribution < -0.4 is 5.32 Å². The molecule has 0 aliphatic carbocycles. The van der Waals surface area contributed by atoms with Crippen molar-refractivity contribution in [3.8, 4) is 0 Å². The Labute approximate surface area is 137 Å². The fourth-order valence-corrected chi connectivity index (χ4v) is 3.28. The molecule has 0 unspecified atom stereocenters. The lowest BCUT2D eigenvalue weighted by molar-refractivity contribution is -0.139. The molecule has 1 rings (SSSR count). The van der Waals surface area contributed by atoms with E-state index < -0.39 is 6.04 Å². The third-order valence-electron chi connectivity index (χ3n) is 3.32. The van der Waals surface area contributed by atoms with E-state index >= 15 is 0 Å². The topological polar surface area (TPSA) is 69.7 Å². The number of hydrogen-bond acceptors (Lipinski definition) is 4. The summed E-state index contributed by atoms with van der Waals surface area (Å²) in [6.07, 6.45) is 0.699. The molecule has 0 aromatic carbocycles. The van der Waals surface area contributed by atoms with Crippen molar-refractivity contribution in [2.45, 2.75) is 39.7 Å². The average Bonchev–Trinajstić information content (AvgIpc) is 2.85. The summed E-state index contributed by atoms with van der Waals surface area (Å²) in [5, 5.41) is 2.76. The number of thioether (sulfide) groups is 1. The highest BCUT2D eigenvalue weighted by Gasteiger charge is 2.35. The first-order chi connectivity index (χ1) is 10.1. The van der Waals surface area contributed by atoms with E-state index in [9.17, 15) is 14.4 Å². The van der Waals surface area contributed by atoms with Crippen LogP contribution in [0.3, 0.4) is 0 Å². The van der Waals surface area contributed by atoms with Crippen LogP contribution in [0, 0.1) is 5.41 Å². The normalized spacial score (nSPS) is 18.2. The zero-order chi connectivity index (χ0) is 16.9. The highest BCUT2D eigenvalue weighted by Crippen LogP contribution is 2.26. The molecule has 0 aromatic rings. The first-order valence-electron chi connectivity index (χ1n) is 7.47. The van der Waals surface area contributed by atoms with Crippen molar-refractivity contribution >= 4 is 29.5 Å². The largest absolute Gasteiger partial charge is 0.354 e. The minimum absolute atomic E-state index is 0.0158. The summed E-state index contributed by atoms with van der Waals surface area (Å²) in [5.74, 6) is 0.995. The van der Waals surface area contributed by atoms with Gasteiger partial charge in [-0.3, -0.25) is 14.4 Å². The fourth-order valence-electron chi connectivity index (χ4n) is 2.09. The Bertz CT molecular complexity index is 432. The molecular formula is C15H27N3O3S. The maximum absolute atomic E-state index is 12.3. The molecule has 126 valence electrons. The molecule has 7 heteroatoms. The number of rotatable bonds is 5. The number of nitrogens with zero attached hydrogens (tertiary/aromatic N) is 2. The van der Waals surface area contributed by atoms with Gasteiger partial charge in [0.15, 0.2) is 0 Å². The van der Waals surface area contributed by atoms with E-state index in [1.165, 1.54) is 4.90 Å². The molecular weight excluding hydrogens is 302 g/mol. The first-order valence-corrected chi connectivity index (χ1v) is 8.62. The highest BCUT2D eigenvalue weighted by atomic mass is 32.2. The third kappa shape index (κ3) is 5.87. The summed E-state index contributed by atoms with van der Waals surface area (Å²) in [7, 11) is 3.37. The van der Waals surface area contributed by atoms with E-state index in [0.29, 0.717) is 24.6 Å². The van der Waals surface area contributed by atoms with E-state index in [-0.39, 0.29) is 29.6 Å². The Balaban J connectivity index is 2.50. The van der Waals surface area contributed by atoms with E-state index in [1.54, 1.807) is 30.8 Å². The van der Waals surface area contributed by atoms with Gasteiger partial charge in [0.2, 0.25) is 17.7 Å². The lowest BCUT2D eigenvalue weighted by Crippen LogP contribution is -2.48. The van der Waals surface area contributed by atoms with E-state index in [1.807, 2.05) is 20.8 Å². The predicted octanol–water partition coefficient (Wildman–Crippen LogP) is 0.919. The molecule has 1 aliphatic rings. The second kappa shape index (κ2) is 7.85. The van der Waals surface area contributed by atoms with E-state index in [0.717, 1.165) is 0 Å². The van der Waals surface area contributed by atoms with Gasteiger partial charge in [-0.15, -0.1) is 11.8 Å². The minimum Gasteiger partial charge on any atom is -0.354 e. The number of hydrogen-bond donors (Lipinski definition) is 1. The van der Waals surface area contributed by atoms with Crippen molar-refractivity contribution in [2.24, 2.45) is 5.41 Å². The monoisotopic (exact) mass is 329 g/mol. The van der Waals surface area contributed by atoms with Gasteiger partial charge in [-0.1, -0.05) is 20.8 Å². The summed E-state index contributed by atoms with van der Waals surface area (Å²) in [6.45, 7) is 6.33. The lowest BCUT2D eigenvalue weighted by atomic mass is 9.91. The van der Waals surface area contributed by atoms with Crippen molar-refractivity contribution in [3.05, 3.63) is 0 Å². The molecule has 1 saturated heterocycles. The Morgan fingerprint density at radius 3 is 2.45 bits per heavy atom. The van der Waals surface area contributed by atoms with Crippen LogP contribution in [0.15, 0.2) is 0 Å². The Kier molecular flexibility index (Phi) is 6.71. The molecule has 1 N–H and O–H groups in total. The zero-order valence-corrected chi connectivity index (χ0v) is 15.0. The minimum atomic E-state index is -0.422. The van der Waals surface area contributed by atoms with Gasteiger partial charge in [-0.2, -0.15) is 0 Å². The summed E-state index contributed by atoms with van der Waals surface area (Å²) < 4.78 is 0. The smallest absolute Gasteiger partial charge is 0.243 e. The second-order valence-corrected chi connectivity index (χ2v) is 7.95. The molecule has 0 spiro atoms. The fraction of sp³-hybridized carbons (Fsp3) is 0.800. The molecule has 6 nitrogen and oxygen atoms in total. The highest BCUT2D eigenvalue weighted by molar-refractivity contribution is 7.99. The van der Waals surface area contributed by atoms with Crippen molar-refractivity contribution in [3.63, 3.8) is 0 Å². The second-order valence-electron chi connectivity index (χ2n) is 6.95. The van der Waals surface area contributed by atoms with Crippen molar-refractivity contribution < 1.29 is 14.4 Å². The quantitative estimate of drug-likeness (QED) is 0.814. The standard InChI is InChI=1S/C15H27N3O3S/c1-15(2,3)8-13(20)18-10-22-9-11(18)14(21)16-7-6-12(19)17(4)5/h11H,6-10H2,1-5H3,(H,16,21)/t11-/m0/s1. The van der Waals surface area contributed by atoms with E-state index in [2.05, 4.69) is 5.32 Å². The van der Waals surface area contributed by atoms with Crippen LogP contribution in [0.1, 0.15) is 33.6 Å². The SMILES string of the molecule is CN(C)C(=O)CCNC(=O)[C@@H]1CSCN1C(=O)CC(C)(C)C. The molecule has 1 heterocycles. The van der Waals surface area contributed by atoms with Gasteiger partial charge < -0.3 is 15.1 Å². The molecule has 1 aliphatic heterocycles. The summed E-state index contributed by atoms with van der Waals surface area (Å²) in [5.41, 5.74) is -0.0938. The Hall–Kier alpha value is -1.24. The molecule has 0 aromatic heterocycles. The van der Waals surface area contributed by atoms with Gasteiger partial charge in [-0.05, 0) is 5.41 Å². The van der Waals surface area contributed by atoms with Crippen LogP contribution in [0.2, 0.25) is 0 Å². The molecule has 0 bridgehead atoms. The van der Waals surface area contributed by atoms with Gasteiger partial charge in [0.25, 0.3) is 0 Å². The number of nitrogens with one attached hydrogen (secondary N) is 1. The third-order valence-corrected chi connectivity index (χ3v) is 4.34. The van der Waals surface area contributed by atoms with Gasteiger partial charge in [0, 0.05) is 39.2 Å².